The van der Waals surface area contributed by atoms with Gasteiger partial charge in [-0.2, -0.15) is 0 Å². The lowest BCUT2D eigenvalue weighted by Crippen LogP contribution is -2.35. The lowest BCUT2D eigenvalue weighted by atomic mass is 9.90. The fourth-order valence-electron chi connectivity index (χ4n) is 2.94. The first kappa shape index (κ1) is 18.6. The largest absolute Gasteiger partial charge is 0.338 e. The van der Waals surface area contributed by atoms with Gasteiger partial charge in [0.25, 0.3) is 5.91 Å². The highest BCUT2D eigenvalue weighted by atomic mass is 35.5. The SMILES string of the molecule is CC1(CN)CCN(C(=O)c2ccccc2C(=O)c2cccs2)C1.Cl. The number of halogens is 1. The normalized spacial score (nSPS) is 19.8. The molecule has 1 unspecified atom stereocenters. The fourth-order valence-corrected chi connectivity index (χ4v) is 3.62. The summed E-state index contributed by atoms with van der Waals surface area (Å²) >= 11 is 1.39. The number of amides is 1. The van der Waals surface area contributed by atoms with Crippen LogP contribution in [0.1, 0.15) is 38.9 Å². The van der Waals surface area contributed by atoms with Gasteiger partial charge in [0.2, 0.25) is 5.78 Å². The maximum Gasteiger partial charge on any atom is 0.254 e. The topological polar surface area (TPSA) is 63.4 Å². The summed E-state index contributed by atoms with van der Waals surface area (Å²) in [7, 11) is 0. The van der Waals surface area contributed by atoms with E-state index in [1.165, 1.54) is 11.3 Å². The van der Waals surface area contributed by atoms with Gasteiger partial charge in [0.15, 0.2) is 0 Å². The summed E-state index contributed by atoms with van der Waals surface area (Å²) in [4.78, 5) is 28.0. The van der Waals surface area contributed by atoms with E-state index in [1.54, 1.807) is 30.3 Å². The first-order valence-electron chi connectivity index (χ1n) is 7.71. The summed E-state index contributed by atoms with van der Waals surface area (Å²) in [6.07, 6.45) is 0.899. The minimum atomic E-state index is -0.0928. The molecule has 2 N–H and O–H groups in total. The molecular weight excluding hydrogens is 344 g/mol. The third kappa shape index (κ3) is 3.53. The number of likely N-dealkylation sites (tertiary alicyclic amines) is 1. The molecule has 0 spiro atoms. The molecule has 1 saturated heterocycles. The number of rotatable bonds is 4. The molecule has 1 aromatic heterocycles. The van der Waals surface area contributed by atoms with Crippen molar-refractivity contribution < 1.29 is 9.59 Å². The standard InChI is InChI=1S/C18H20N2O2S.ClH/c1-18(11-19)8-9-20(12-18)17(22)14-6-3-2-5-13(14)16(21)15-7-4-10-23-15;/h2-7,10H,8-9,11-12,19H2,1H3;1H. The van der Waals surface area contributed by atoms with Gasteiger partial charge in [-0.15, -0.1) is 23.7 Å². The highest BCUT2D eigenvalue weighted by Gasteiger charge is 2.36. The third-order valence-electron chi connectivity index (χ3n) is 4.48. The minimum absolute atomic E-state index is 0. The van der Waals surface area contributed by atoms with Crippen LogP contribution in [0.5, 0.6) is 0 Å². The second-order valence-electron chi connectivity index (χ2n) is 6.34. The number of nitrogens with two attached hydrogens (primary N) is 1. The fraction of sp³-hybridized carbons (Fsp3) is 0.333. The van der Waals surface area contributed by atoms with Crippen molar-refractivity contribution in [1.82, 2.24) is 4.90 Å². The highest BCUT2D eigenvalue weighted by Crippen LogP contribution is 2.30. The molecule has 1 fully saturated rings. The Labute approximate surface area is 152 Å². The molecule has 24 heavy (non-hydrogen) atoms. The van der Waals surface area contributed by atoms with Gasteiger partial charge in [0.05, 0.1) is 10.4 Å². The van der Waals surface area contributed by atoms with Crippen molar-refractivity contribution in [3.8, 4) is 0 Å². The maximum absolute atomic E-state index is 12.9. The molecule has 1 amide bonds. The Hall–Kier alpha value is -1.69. The number of ketones is 1. The van der Waals surface area contributed by atoms with Crippen LogP contribution in [0.2, 0.25) is 0 Å². The lowest BCUT2D eigenvalue weighted by Gasteiger charge is -2.23. The zero-order valence-electron chi connectivity index (χ0n) is 13.5. The molecule has 3 rings (SSSR count). The second-order valence-corrected chi connectivity index (χ2v) is 7.29. The van der Waals surface area contributed by atoms with Crippen LogP contribution < -0.4 is 5.73 Å². The quantitative estimate of drug-likeness (QED) is 0.847. The van der Waals surface area contributed by atoms with Gasteiger partial charge >= 0.3 is 0 Å². The van der Waals surface area contributed by atoms with Gasteiger partial charge in [0, 0.05) is 18.7 Å². The minimum Gasteiger partial charge on any atom is -0.338 e. The molecule has 0 radical (unpaired) electrons. The monoisotopic (exact) mass is 364 g/mol. The zero-order chi connectivity index (χ0) is 16.4. The molecule has 1 aliphatic heterocycles. The number of hydrogen-bond donors (Lipinski definition) is 1. The maximum atomic E-state index is 12.9. The van der Waals surface area contributed by atoms with Crippen molar-refractivity contribution in [3.63, 3.8) is 0 Å². The van der Waals surface area contributed by atoms with Crippen LogP contribution in [0.15, 0.2) is 41.8 Å². The van der Waals surface area contributed by atoms with Crippen molar-refractivity contribution >= 4 is 35.4 Å². The van der Waals surface area contributed by atoms with E-state index < -0.39 is 0 Å². The first-order valence-corrected chi connectivity index (χ1v) is 8.59. The molecule has 4 nitrogen and oxygen atoms in total. The summed E-state index contributed by atoms with van der Waals surface area (Å²) in [6, 6.07) is 10.7. The van der Waals surface area contributed by atoms with E-state index in [4.69, 9.17) is 5.73 Å². The van der Waals surface area contributed by atoms with Crippen molar-refractivity contribution in [3.05, 3.63) is 57.8 Å². The molecular formula is C18H21ClN2O2S. The summed E-state index contributed by atoms with van der Waals surface area (Å²) in [5, 5.41) is 1.87. The molecule has 2 heterocycles. The summed E-state index contributed by atoms with van der Waals surface area (Å²) in [5.74, 6) is -0.174. The molecule has 0 saturated carbocycles. The van der Waals surface area contributed by atoms with Crippen LogP contribution in [0.4, 0.5) is 0 Å². The summed E-state index contributed by atoms with van der Waals surface area (Å²) < 4.78 is 0. The third-order valence-corrected chi connectivity index (χ3v) is 5.35. The van der Waals surface area contributed by atoms with Crippen LogP contribution in [-0.2, 0) is 0 Å². The van der Waals surface area contributed by atoms with E-state index in [9.17, 15) is 9.59 Å². The van der Waals surface area contributed by atoms with Gasteiger partial charge in [-0.05, 0) is 35.9 Å². The summed E-state index contributed by atoms with van der Waals surface area (Å²) in [5.41, 5.74) is 6.75. The van der Waals surface area contributed by atoms with Crippen LogP contribution in [0.3, 0.4) is 0 Å². The van der Waals surface area contributed by atoms with Crippen molar-refractivity contribution in [2.24, 2.45) is 11.1 Å². The lowest BCUT2D eigenvalue weighted by molar-refractivity contribution is 0.0772. The van der Waals surface area contributed by atoms with Gasteiger partial charge in [-0.1, -0.05) is 31.2 Å². The molecule has 0 aliphatic carbocycles. The highest BCUT2D eigenvalue weighted by molar-refractivity contribution is 7.12. The molecule has 2 aromatic rings. The van der Waals surface area contributed by atoms with Gasteiger partial charge in [-0.25, -0.2) is 0 Å². The van der Waals surface area contributed by atoms with Gasteiger partial charge in [0.1, 0.15) is 0 Å². The van der Waals surface area contributed by atoms with Crippen molar-refractivity contribution in [2.45, 2.75) is 13.3 Å². The van der Waals surface area contributed by atoms with Crippen LogP contribution in [-0.4, -0.2) is 36.2 Å². The van der Waals surface area contributed by atoms with Crippen LogP contribution in [0, 0.1) is 5.41 Å². The van der Waals surface area contributed by atoms with E-state index in [1.807, 2.05) is 16.3 Å². The van der Waals surface area contributed by atoms with E-state index >= 15 is 0 Å². The van der Waals surface area contributed by atoms with Crippen LogP contribution >= 0.6 is 23.7 Å². The molecule has 1 atom stereocenters. The average Bonchev–Trinajstić information content (AvgIpc) is 3.24. The number of carbonyl (C=O) groups is 2. The van der Waals surface area contributed by atoms with Crippen molar-refractivity contribution in [2.75, 3.05) is 19.6 Å². The predicted octanol–water partition coefficient (Wildman–Crippen LogP) is 3.21. The van der Waals surface area contributed by atoms with E-state index in [0.29, 0.717) is 35.6 Å². The smallest absolute Gasteiger partial charge is 0.254 e. The van der Waals surface area contributed by atoms with E-state index in [0.717, 1.165) is 6.42 Å². The number of thiophene rings is 1. The predicted molar refractivity (Wildman–Crippen MR) is 99.1 cm³/mol. The number of carbonyl (C=O) groups excluding carboxylic acids is 2. The Morgan fingerprint density at radius 1 is 1.21 bits per heavy atom. The van der Waals surface area contributed by atoms with E-state index in [2.05, 4.69) is 6.92 Å². The number of benzene rings is 1. The Balaban J connectivity index is 0.00000208. The number of nitrogens with zero attached hydrogens (tertiary/aromatic N) is 1. The second kappa shape index (κ2) is 7.47. The Bertz CT molecular complexity index is 732. The van der Waals surface area contributed by atoms with Crippen LogP contribution in [0.25, 0.3) is 0 Å². The van der Waals surface area contributed by atoms with Gasteiger partial charge < -0.3 is 10.6 Å². The molecule has 1 aliphatic rings. The Morgan fingerprint density at radius 2 is 1.92 bits per heavy atom. The van der Waals surface area contributed by atoms with E-state index in [-0.39, 0.29) is 29.5 Å². The zero-order valence-corrected chi connectivity index (χ0v) is 15.2. The molecule has 0 bridgehead atoms. The first-order chi connectivity index (χ1) is 11.0. The Kier molecular flexibility index (Phi) is 5.80. The molecule has 6 heteroatoms. The summed E-state index contributed by atoms with van der Waals surface area (Å²) in [6.45, 7) is 3.99. The molecule has 128 valence electrons. The van der Waals surface area contributed by atoms with Crippen molar-refractivity contribution in [1.29, 1.82) is 0 Å². The Morgan fingerprint density at radius 3 is 2.50 bits per heavy atom. The van der Waals surface area contributed by atoms with Gasteiger partial charge in [-0.3, -0.25) is 9.59 Å². The molecule has 1 aromatic carbocycles. The average molecular weight is 365 g/mol. The number of hydrogen-bond acceptors (Lipinski definition) is 4.